The number of hydrogen-bond donors (Lipinski definition) is 0. The minimum atomic E-state index is 0.463. The first-order valence-electron chi connectivity index (χ1n) is 9.53. The second-order valence-electron chi connectivity index (χ2n) is 7.24. The van der Waals surface area contributed by atoms with E-state index in [1.807, 2.05) is 36.1 Å². The third-order valence-electron chi connectivity index (χ3n) is 5.24. The van der Waals surface area contributed by atoms with E-state index < -0.39 is 0 Å². The number of methoxy groups -OCH3 is 1. The zero-order valence-corrected chi connectivity index (χ0v) is 16.0. The smallest absolute Gasteiger partial charge is 0.128 e. The van der Waals surface area contributed by atoms with Gasteiger partial charge in [-0.2, -0.15) is 5.10 Å². The lowest BCUT2D eigenvalue weighted by molar-refractivity contribution is 0.198. The van der Waals surface area contributed by atoms with Crippen LogP contribution in [0.1, 0.15) is 30.0 Å². The number of rotatable bonds is 5. The topological polar surface area (TPSA) is 43.2 Å². The quantitative estimate of drug-likeness (QED) is 0.691. The van der Waals surface area contributed by atoms with Gasteiger partial charge in [-0.1, -0.05) is 18.2 Å². The lowest BCUT2D eigenvalue weighted by atomic mass is 9.93. The summed E-state index contributed by atoms with van der Waals surface area (Å²) >= 11 is 0. The molecule has 3 heterocycles. The average Bonchev–Trinajstić information content (AvgIpc) is 3.13. The molecule has 4 rings (SSSR count). The zero-order chi connectivity index (χ0) is 18.6. The van der Waals surface area contributed by atoms with Crippen LogP contribution in [-0.4, -0.2) is 39.9 Å². The van der Waals surface area contributed by atoms with Crippen LogP contribution in [0.5, 0.6) is 5.75 Å². The highest BCUT2D eigenvalue weighted by atomic mass is 16.5. The summed E-state index contributed by atoms with van der Waals surface area (Å²) in [4.78, 5) is 7.51. The first kappa shape index (κ1) is 17.7. The van der Waals surface area contributed by atoms with Gasteiger partial charge in [0, 0.05) is 49.1 Å². The predicted molar refractivity (Wildman–Crippen MR) is 107 cm³/mol. The van der Waals surface area contributed by atoms with E-state index in [1.54, 1.807) is 7.11 Å². The van der Waals surface area contributed by atoms with E-state index in [0.29, 0.717) is 5.92 Å². The zero-order valence-electron chi connectivity index (χ0n) is 16.0. The van der Waals surface area contributed by atoms with Crippen molar-refractivity contribution in [2.45, 2.75) is 25.3 Å². The van der Waals surface area contributed by atoms with Crippen LogP contribution in [0.3, 0.4) is 0 Å². The third kappa shape index (κ3) is 4.03. The molecule has 0 spiro atoms. The molecule has 1 aliphatic heterocycles. The first-order chi connectivity index (χ1) is 13.2. The van der Waals surface area contributed by atoms with Crippen LogP contribution in [0.4, 0.5) is 0 Å². The van der Waals surface area contributed by atoms with Gasteiger partial charge in [0.15, 0.2) is 0 Å². The van der Waals surface area contributed by atoms with Gasteiger partial charge in [-0.25, -0.2) is 0 Å². The van der Waals surface area contributed by atoms with Crippen molar-refractivity contribution < 1.29 is 4.74 Å². The van der Waals surface area contributed by atoms with Crippen LogP contribution in [-0.2, 0) is 13.6 Å². The average molecular weight is 362 g/mol. The Bertz CT molecular complexity index is 905. The second kappa shape index (κ2) is 7.92. The second-order valence-corrected chi connectivity index (χ2v) is 7.24. The number of ether oxygens (including phenoxy) is 1. The van der Waals surface area contributed by atoms with E-state index in [0.717, 1.165) is 36.6 Å². The van der Waals surface area contributed by atoms with E-state index in [9.17, 15) is 0 Å². The van der Waals surface area contributed by atoms with Gasteiger partial charge in [-0.15, -0.1) is 0 Å². The molecule has 1 aliphatic rings. The van der Waals surface area contributed by atoms with Crippen molar-refractivity contribution in [3.8, 4) is 17.0 Å². The Morgan fingerprint density at radius 1 is 1.15 bits per heavy atom. The van der Waals surface area contributed by atoms with Gasteiger partial charge in [0.2, 0.25) is 0 Å². The third-order valence-corrected chi connectivity index (χ3v) is 5.24. The van der Waals surface area contributed by atoms with Gasteiger partial charge in [-0.05, 0) is 43.7 Å². The van der Waals surface area contributed by atoms with Crippen molar-refractivity contribution in [2.24, 2.45) is 7.05 Å². The number of aryl methyl sites for hydroxylation is 1. The highest BCUT2D eigenvalue weighted by Crippen LogP contribution is 2.31. The SMILES string of the molecule is COc1ccccc1-c1cccc([C@H]2CCCN(Cc3cnn(C)c3)C2)n1. The van der Waals surface area contributed by atoms with Gasteiger partial charge < -0.3 is 4.74 Å². The Balaban J connectivity index is 1.53. The molecule has 0 unspecified atom stereocenters. The molecule has 1 atom stereocenters. The summed E-state index contributed by atoms with van der Waals surface area (Å²) in [6.45, 7) is 3.13. The number of aromatic nitrogens is 3. The van der Waals surface area contributed by atoms with Crippen LogP contribution in [0.15, 0.2) is 54.9 Å². The summed E-state index contributed by atoms with van der Waals surface area (Å²) in [5, 5.41) is 4.29. The summed E-state index contributed by atoms with van der Waals surface area (Å²) in [5.74, 6) is 1.33. The molecule has 3 aromatic rings. The molecule has 2 aromatic heterocycles. The van der Waals surface area contributed by atoms with Crippen molar-refractivity contribution in [3.05, 3.63) is 66.1 Å². The fourth-order valence-electron chi connectivity index (χ4n) is 3.94. The summed E-state index contributed by atoms with van der Waals surface area (Å²) in [6.07, 6.45) is 6.45. The largest absolute Gasteiger partial charge is 0.496 e. The maximum Gasteiger partial charge on any atom is 0.128 e. The number of hydrogen-bond acceptors (Lipinski definition) is 4. The van der Waals surface area contributed by atoms with Gasteiger partial charge in [-0.3, -0.25) is 14.6 Å². The monoisotopic (exact) mass is 362 g/mol. The minimum Gasteiger partial charge on any atom is -0.496 e. The van der Waals surface area contributed by atoms with Crippen LogP contribution in [0.25, 0.3) is 11.3 Å². The fraction of sp³-hybridized carbons (Fsp3) is 0.364. The van der Waals surface area contributed by atoms with Crippen molar-refractivity contribution in [3.63, 3.8) is 0 Å². The van der Waals surface area contributed by atoms with E-state index in [2.05, 4.69) is 40.5 Å². The highest BCUT2D eigenvalue weighted by Gasteiger charge is 2.23. The summed E-state index contributed by atoms with van der Waals surface area (Å²) in [5.41, 5.74) is 4.47. The number of piperidine rings is 1. The molecule has 0 bridgehead atoms. The Morgan fingerprint density at radius 2 is 2.04 bits per heavy atom. The predicted octanol–water partition coefficient (Wildman–Crippen LogP) is 3.87. The molecule has 1 saturated heterocycles. The van der Waals surface area contributed by atoms with Crippen molar-refractivity contribution in [2.75, 3.05) is 20.2 Å². The summed E-state index contributed by atoms with van der Waals surface area (Å²) in [6, 6.07) is 14.4. The number of likely N-dealkylation sites (tertiary alicyclic amines) is 1. The normalized spacial score (nSPS) is 17.8. The van der Waals surface area contributed by atoms with E-state index >= 15 is 0 Å². The lowest BCUT2D eigenvalue weighted by Crippen LogP contribution is -2.34. The number of benzene rings is 1. The number of para-hydroxylation sites is 1. The fourth-order valence-corrected chi connectivity index (χ4v) is 3.94. The molecule has 140 valence electrons. The van der Waals surface area contributed by atoms with Crippen molar-refractivity contribution >= 4 is 0 Å². The molecule has 0 radical (unpaired) electrons. The van der Waals surface area contributed by atoms with Gasteiger partial charge >= 0.3 is 0 Å². The molecular formula is C22H26N4O. The molecule has 0 N–H and O–H groups in total. The van der Waals surface area contributed by atoms with Gasteiger partial charge in [0.05, 0.1) is 19.0 Å². The molecule has 5 nitrogen and oxygen atoms in total. The maximum absolute atomic E-state index is 5.51. The molecule has 5 heteroatoms. The number of nitrogens with zero attached hydrogens (tertiary/aromatic N) is 4. The Morgan fingerprint density at radius 3 is 2.85 bits per heavy atom. The van der Waals surface area contributed by atoms with Gasteiger partial charge in [0.1, 0.15) is 5.75 Å². The van der Waals surface area contributed by atoms with Crippen molar-refractivity contribution in [1.29, 1.82) is 0 Å². The summed E-state index contributed by atoms with van der Waals surface area (Å²) < 4.78 is 7.38. The molecular weight excluding hydrogens is 336 g/mol. The minimum absolute atomic E-state index is 0.463. The highest BCUT2D eigenvalue weighted by molar-refractivity contribution is 5.67. The van der Waals surface area contributed by atoms with Crippen molar-refractivity contribution in [1.82, 2.24) is 19.7 Å². The Kier molecular flexibility index (Phi) is 5.21. The number of pyridine rings is 1. The Labute approximate surface area is 160 Å². The van der Waals surface area contributed by atoms with Gasteiger partial charge in [0.25, 0.3) is 0 Å². The molecule has 0 aliphatic carbocycles. The molecule has 1 fully saturated rings. The van der Waals surface area contributed by atoms with Crippen LogP contribution >= 0.6 is 0 Å². The molecule has 1 aromatic carbocycles. The maximum atomic E-state index is 5.51. The van der Waals surface area contributed by atoms with E-state index in [-0.39, 0.29) is 0 Å². The van der Waals surface area contributed by atoms with Crippen LogP contribution in [0.2, 0.25) is 0 Å². The van der Waals surface area contributed by atoms with E-state index in [1.165, 1.54) is 24.1 Å². The standard InChI is InChI=1S/C22H26N4O/c1-25-14-17(13-23-25)15-26-12-6-7-18(16-26)20-9-5-10-21(24-20)19-8-3-4-11-22(19)27-2/h3-5,8-11,13-14,18H,6-7,12,15-16H2,1-2H3/t18-/m0/s1. The Hall–Kier alpha value is -2.66. The summed E-state index contributed by atoms with van der Waals surface area (Å²) in [7, 11) is 3.68. The molecule has 0 saturated carbocycles. The van der Waals surface area contributed by atoms with Crippen LogP contribution in [0, 0.1) is 0 Å². The first-order valence-corrected chi connectivity index (χ1v) is 9.53. The molecule has 0 amide bonds. The van der Waals surface area contributed by atoms with Crippen LogP contribution < -0.4 is 4.74 Å². The lowest BCUT2D eigenvalue weighted by Gasteiger charge is -2.32. The van der Waals surface area contributed by atoms with E-state index in [4.69, 9.17) is 9.72 Å². The molecule has 27 heavy (non-hydrogen) atoms.